The summed E-state index contributed by atoms with van der Waals surface area (Å²) in [7, 11) is 0. The molecule has 0 aliphatic carbocycles. The van der Waals surface area contributed by atoms with Gasteiger partial charge in [0.05, 0.1) is 8.49 Å². The average molecular weight is 459 g/mol. The van der Waals surface area contributed by atoms with Crippen molar-refractivity contribution < 1.29 is 19.6 Å². The predicted octanol–water partition coefficient (Wildman–Crippen LogP) is 1.72. The summed E-state index contributed by atoms with van der Waals surface area (Å²) in [5.74, 6) is -1.69. The molecule has 24 heavy (non-hydrogen) atoms. The largest absolute Gasteiger partial charge is 0.506 e. The van der Waals surface area contributed by atoms with E-state index >= 15 is 0 Å². The van der Waals surface area contributed by atoms with Gasteiger partial charge in [-0.05, 0) is 40.9 Å². The maximum atomic E-state index is 12.4. The number of carbonyl (C=O) groups is 2. The van der Waals surface area contributed by atoms with Crippen LogP contribution in [0, 0.1) is 13.7 Å². The molecule has 1 fully saturated rings. The number of nitrogens with zero attached hydrogens (tertiary/aromatic N) is 2. The summed E-state index contributed by atoms with van der Waals surface area (Å²) in [6.07, 6.45) is 2.53. The lowest BCUT2D eigenvalue weighted by Gasteiger charge is -2.27. The molecular weight excluding hydrogens is 449 g/mol. The van der Waals surface area contributed by atoms with Crippen LogP contribution in [0.5, 0.6) is 5.75 Å². The third-order valence-corrected chi connectivity index (χ3v) is 4.23. The van der Waals surface area contributed by atoms with Gasteiger partial charge < -0.3 is 5.11 Å². The minimum absolute atomic E-state index is 0.0153. The predicted molar refractivity (Wildman–Crippen MR) is 98.1 cm³/mol. The zero-order chi connectivity index (χ0) is 18.0. The van der Waals surface area contributed by atoms with Crippen LogP contribution in [0.25, 0.3) is 6.08 Å². The Labute approximate surface area is 155 Å². The van der Waals surface area contributed by atoms with Crippen LogP contribution in [-0.4, -0.2) is 38.4 Å². The number of phenolic OH excluding ortho intramolecular Hbond substituents is 1. The van der Waals surface area contributed by atoms with Crippen LogP contribution < -0.4 is 5.32 Å². The van der Waals surface area contributed by atoms with Gasteiger partial charge in [-0.1, -0.05) is 6.08 Å². The van der Waals surface area contributed by atoms with Gasteiger partial charge in [0.1, 0.15) is 11.3 Å². The maximum Gasteiger partial charge on any atom is 0.271 e. The summed E-state index contributed by atoms with van der Waals surface area (Å²) >= 11 is 6.64. The van der Waals surface area contributed by atoms with Crippen LogP contribution in [0.15, 0.2) is 30.4 Å². The zero-order valence-electron chi connectivity index (χ0n) is 12.0. The second-order valence-corrected chi connectivity index (χ2v) is 6.19. The first-order valence-electron chi connectivity index (χ1n) is 6.43. The first kappa shape index (κ1) is 18.0. The van der Waals surface area contributed by atoms with Crippen LogP contribution in [0.4, 0.5) is 5.69 Å². The normalized spacial score (nSPS) is 16.3. The Morgan fingerprint density at radius 2 is 2.12 bits per heavy atom. The molecule has 0 atom stereocenters. The third-order valence-electron chi connectivity index (χ3n) is 3.09. The van der Waals surface area contributed by atoms with E-state index in [1.165, 1.54) is 12.1 Å². The fourth-order valence-corrected chi connectivity index (χ4v) is 2.85. The topological polar surface area (TPSA) is 113 Å². The summed E-state index contributed by atoms with van der Waals surface area (Å²) in [5, 5.41) is 23.3. The number of non-ortho nitro benzene ring substituents is 1. The molecule has 0 aromatic heterocycles. The molecule has 1 aromatic carbocycles. The Kier molecular flexibility index (Phi) is 5.29. The third kappa shape index (κ3) is 3.43. The summed E-state index contributed by atoms with van der Waals surface area (Å²) in [6, 6.07) is 2.26. The SMILES string of the molecule is C=CCN1C(=O)/C(=C/c2cc([N+](=O)[O-])cc(I)c2O)C(=O)NC1=S. The summed E-state index contributed by atoms with van der Waals surface area (Å²) in [5.41, 5.74) is -0.582. The second kappa shape index (κ2) is 7.05. The van der Waals surface area contributed by atoms with Crippen LogP contribution in [0.1, 0.15) is 5.56 Å². The number of thiocarbonyl (C=S) groups is 1. The molecule has 1 aromatic rings. The zero-order valence-corrected chi connectivity index (χ0v) is 15.0. The molecule has 1 heterocycles. The van der Waals surface area contributed by atoms with E-state index < -0.39 is 16.7 Å². The Balaban J connectivity index is 2.55. The highest BCUT2D eigenvalue weighted by molar-refractivity contribution is 14.1. The number of hydrogen-bond donors (Lipinski definition) is 2. The standard InChI is InChI=1S/C14H10IN3O5S/c1-2-3-17-13(21)9(12(20)16-14(17)24)5-7-4-8(18(22)23)6-10(15)11(7)19/h2,4-6,19H,1,3H2,(H,16,20,24)/b9-5+. The van der Waals surface area contributed by atoms with Crippen molar-refractivity contribution in [1.29, 1.82) is 0 Å². The molecule has 1 aliphatic rings. The van der Waals surface area contributed by atoms with Gasteiger partial charge >= 0.3 is 0 Å². The smallest absolute Gasteiger partial charge is 0.271 e. The number of aromatic hydroxyl groups is 1. The molecule has 8 nitrogen and oxygen atoms in total. The van der Waals surface area contributed by atoms with Crippen molar-refractivity contribution in [1.82, 2.24) is 10.2 Å². The fraction of sp³-hybridized carbons (Fsp3) is 0.0714. The summed E-state index contributed by atoms with van der Waals surface area (Å²) in [6.45, 7) is 3.60. The first-order valence-corrected chi connectivity index (χ1v) is 7.91. The molecule has 0 spiro atoms. The van der Waals surface area contributed by atoms with E-state index in [0.717, 1.165) is 17.0 Å². The van der Waals surface area contributed by atoms with E-state index in [0.29, 0.717) is 0 Å². The van der Waals surface area contributed by atoms with Gasteiger partial charge in [0.25, 0.3) is 17.5 Å². The quantitative estimate of drug-likeness (QED) is 0.135. The second-order valence-electron chi connectivity index (χ2n) is 4.64. The average Bonchev–Trinajstić information content (AvgIpc) is 2.51. The van der Waals surface area contributed by atoms with Crippen molar-refractivity contribution in [3.63, 3.8) is 0 Å². The van der Waals surface area contributed by atoms with Gasteiger partial charge in [0, 0.05) is 24.2 Å². The lowest BCUT2D eigenvalue weighted by atomic mass is 10.1. The number of nitro groups is 1. The Morgan fingerprint density at radius 1 is 1.46 bits per heavy atom. The van der Waals surface area contributed by atoms with Crippen molar-refractivity contribution >= 4 is 63.5 Å². The molecule has 10 heteroatoms. The van der Waals surface area contributed by atoms with Crippen molar-refractivity contribution in [2.24, 2.45) is 0 Å². The highest BCUT2D eigenvalue weighted by Gasteiger charge is 2.33. The monoisotopic (exact) mass is 459 g/mol. The number of rotatable bonds is 4. The number of halogens is 1. The summed E-state index contributed by atoms with van der Waals surface area (Å²) < 4.78 is 0.218. The Morgan fingerprint density at radius 3 is 2.71 bits per heavy atom. The number of phenols is 1. The molecular formula is C14H10IN3O5S. The van der Waals surface area contributed by atoms with E-state index in [2.05, 4.69) is 11.9 Å². The first-order chi connectivity index (χ1) is 11.3. The van der Waals surface area contributed by atoms with Crippen molar-refractivity contribution in [2.75, 3.05) is 6.54 Å². The molecule has 0 bridgehead atoms. The highest BCUT2D eigenvalue weighted by Crippen LogP contribution is 2.31. The van der Waals surface area contributed by atoms with Gasteiger partial charge in [-0.2, -0.15) is 0 Å². The van der Waals surface area contributed by atoms with Gasteiger partial charge in [0.2, 0.25) is 0 Å². The number of nitro benzene ring substituents is 1. The van der Waals surface area contributed by atoms with E-state index in [-0.39, 0.29) is 37.8 Å². The molecule has 0 radical (unpaired) electrons. The van der Waals surface area contributed by atoms with E-state index in [1.54, 1.807) is 22.6 Å². The lowest BCUT2D eigenvalue weighted by Crippen LogP contribution is -2.53. The minimum atomic E-state index is -0.744. The van der Waals surface area contributed by atoms with Gasteiger partial charge in [-0.15, -0.1) is 6.58 Å². The van der Waals surface area contributed by atoms with Crippen LogP contribution in [0.3, 0.4) is 0 Å². The van der Waals surface area contributed by atoms with Gasteiger partial charge in [0.15, 0.2) is 5.11 Å². The number of nitrogens with one attached hydrogen (secondary N) is 1. The molecule has 1 saturated heterocycles. The molecule has 124 valence electrons. The number of carbonyl (C=O) groups excluding carboxylic acids is 2. The highest BCUT2D eigenvalue weighted by atomic mass is 127. The van der Waals surface area contributed by atoms with Crippen LogP contribution in [-0.2, 0) is 9.59 Å². The molecule has 2 amide bonds. The summed E-state index contributed by atoms with van der Waals surface area (Å²) in [4.78, 5) is 35.8. The van der Waals surface area contributed by atoms with Gasteiger partial charge in [-0.3, -0.25) is 29.9 Å². The Bertz CT molecular complexity index is 821. The molecule has 1 aliphatic heterocycles. The van der Waals surface area contributed by atoms with E-state index in [9.17, 15) is 24.8 Å². The number of benzene rings is 1. The molecule has 2 rings (SSSR count). The molecule has 2 N–H and O–H groups in total. The number of amides is 2. The van der Waals surface area contributed by atoms with Crippen LogP contribution in [0.2, 0.25) is 0 Å². The van der Waals surface area contributed by atoms with Crippen molar-refractivity contribution in [3.05, 3.63) is 49.6 Å². The lowest BCUT2D eigenvalue weighted by molar-refractivity contribution is -0.385. The van der Waals surface area contributed by atoms with E-state index in [4.69, 9.17) is 12.2 Å². The molecule has 0 unspecified atom stereocenters. The maximum absolute atomic E-state index is 12.4. The minimum Gasteiger partial charge on any atom is -0.506 e. The van der Waals surface area contributed by atoms with E-state index in [1.807, 2.05) is 0 Å². The Hall–Kier alpha value is -2.34. The molecule has 0 saturated carbocycles. The fourth-order valence-electron chi connectivity index (χ4n) is 1.97. The number of hydrogen-bond acceptors (Lipinski definition) is 6. The van der Waals surface area contributed by atoms with Crippen molar-refractivity contribution in [2.45, 2.75) is 0 Å². The van der Waals surface area contributed by atoms with Crippen LogP contribution >= 0.6 is 34.8 Å². The van der Waals surface area contributed by atoms with Gasteiger partial charge in [-0.25, -0.2) is 0 Å². The van der Waals surface area contributed by atoms with Crippen molar-refractivity contribution in [3.8, 4) is 5.75 Å².